The Labute approximate surface area is 316 Å². The first-order valence-electron chi connectivity index (χ1n) is 18.6. The molecule has 3 N–H and O–H groups in total. The van der Waals surface area contributed by atoms with E-state index in [0.717, 1.165) is 42.4 Å². The number of carbonyl (C=O) groups is 5. The Balaban J connectivity index is 1.07. The lowest BCUT2D eigenvalue weighted by molar-refractivity contribution is -0.142. The molecule has 280 valence electrons. The number of carbonyl (C=O) groups excluding carboxylic acids is 5. The van der Waals surface area contributed by atoms with Gasteiger partial charge in [-0.05, 0) is 92.0 Å². The Morgan fingerprint density at radius 1 is 0.593 bits per heavy atom. The van der Waals surface area contributed by atoms with E-state index < -0.39 is 24.2 Å². The maximum atomic E-state index is 13.8. The average molecular weight is 730 g/mol. The number of ether oxygens (including phenoxy) is 1. The van der Waals surface area contributed by atoms with Gasteiger partial charge >= 0.3 is 6.09 Å². The fourth-order valence-electron chi connectivity index (χ4n) is 7.29. The molecule has 0 aliphatic carbocycles. The second kappa shape index (κ2) is 17.7. The van der Waals surface area contributed by atoms with Gasteiger partial charge in [-0.15, -0.1) is 0 Å². The zero-order valence-corrected chi connectivity index (χ0v) is 30.7. The number of methoxy groups -OCH3 is 1. The fourth-order valence-corrected chi connectivity index (χ4v) is 7.29. The maximum Gasteiger partial charge on any atom is 0.407 e. The fraction of sp³-hybridized carbons (Fsp3) is 0.326. The minimum Gasteiger partial charge on any atom is -0.453 e. The van der Waals surface area contributed by atoms with E-state index in [1.165, 1.54) is 7.11 Å². The van der Waals surface area contributed by atoms with E-state index in [9.17, 15) is 24.0 Å². The van der Waals surface area contributed by atoms with Gasteiger partial charge in [0.05, 0.1) is 13.0 Å². The molecule has 4 atom stereocenters. The van der Waals surface area contributed by atoms with Crippen molar-refractivity contribution in [1.82, 2.24) is 15.1 Å². The molecule has 0 bridgehead atoms. The summed E-state index contributed by atoms with van der Waals surface area (Å²) in [5.41, 5.74) is 4.60. The van der Waals surface area contributed by atoms with Crippen LogP contribution in [0.15, 0.2) is 109 Å². The zero-order valence-electron chi connectivity index (χ0n) is 30.7. The van der Waals surface area contributed by atoms with Crippen molar-refractivity contribution >= 4 is 41.1 Å². The number of alkyl carbamates (subject to hydrolysis) is 1. The van der Waals surface area contributed by atoms with Crippen LogP contribution in [0.4, 0.5) is 16.2 Å². The van der Waals surface area contributed by atoms with Crippen LogP contribution in [-0.4, -0.2) is 71.8 Å². The molecule has 0 aromatic heterocycles. The zero-order chi connectivity index (χ0) is 38.0. The number of amides is 5. The van der Waals surface area contributed by atoms with E-state index in [0.29, 0.717) is 42.9 Å². The summed E-state index contributed by atoms with van der Waals surface area (Å²) < 4.78 is 4.78. The maximum absolute atomic E-state index is 13.8. The van der Waals surface area contributed by atoms with E-state index in [1.807, 2.05) is 91.9 Å². The van der Waals surface area contributed by atoms with Crippen molar-refractivity contribution in [2.24, 2.45) is 0 Å². The van der Waals surface area contributed by atoms with Gasteiger partial charge in [0.2, 0.25) is 17.7 Å². The number of likely N-dealkylation sites (tertiary alicyclic amines) is 2. The van der Waals surface area contributed by atoms with Crippen molar-refractivity contribution in [2.45, 2.75) is 69.5 Å². The van der Waals surface area contributed by atoms with Gasteiger partial charge in [-0.2, -0.15) is 0 Å². The lowest BCUT2D eigenvalue weighted by Gasteiger charge is -2.37. The molecule has 4 aromatic rings. The smallest absolute Gasteiger partial charge is 0.407 e. The summed E-state index contributed by atoms with van der Waals surface area (Å²) in [7, 11) is 1.24. The molecule has 0 unspecified atom stereocenters. The summed E-state index contributed by atoms with van der Waals surface area (Å²) in [6, 6.07) is 31.3. The monoisotopic (exact) mass is 729 g/mol. The highest BCUT2D eigenvalue weighted by Crippen LogP contribution is 2.28. The van der Waals surface area contributed by atoms with Crippen LogP contribution in [0.25, 0.3) is 11.1 Å². The molecular weight excluding hydrogens is 683 g/mol. The predicted octanol–water partition coefficient (Wildman–Crippen LogP) is 6.89. The summed E-state index contributed by atoms with van der Waals surface area (Å²) in [6.07, 6.45) is 3.69. The first-order valence-corrected chi connectivity index (χ1v) is 18.6. The largest absolute Gasteiger partial charge is 0.453 e. The third-order valence-electron chi connectivity index (χ3n) is 10.3. The number of hydrogen-bond donors (Lipinski definition) is 3. The van der Waals surface area contributed by atoms with E-state index in [1.54, 1.807) is 34.1 Å². The lowest BCUT2D eigenvalue weighted by atomic mass is 9.95. The number of benzene rings is 4. The molecule has 2 saturated heterocycles. The van der Waals surface area contributed by atoms with Crippen LogP contribution >= 0.6 is 0 Å². The van der Waals surface area contributed by atoms with Crippen LogP contribution in [0.2, 0.25) is 0 Å². The molecule has 0 saturated carbocycles. The van der Waals surface area contributed by atoms with Gasteiger partial charge in [0.25, 0.3) is 5.91 Å². The van der Waals surface area contributed by atoms with Gasteiger partial charge in [0.15, 0.2) is 0 Å². The second-order valence-corrected chi connectivity index (χ2v) is 13.8. The van der Waals surface area contributed by atoms with Gasteiger partial charge < -0.3 is 30.5 Å². The van der Waals surface area contributed by atoms with Crippen molar-refractivity contribution < 1.29 is 28.7 Å². The van der Waals surface area contributed by atoms with Crippen molar-refractivity contribution in [1.29, 1.82) is 0 Å². The molecule has 11 heteroatoms. The highest BCUT2D eigenvalue weighted by molar-refractivity contribution is 5.99. The van der Waals surface area contributed by atoms with Gasteiger partial charge in [-0.25, -0.2) is 4.79 Å². The number of piperidine rings is 2. The molecule has 0 spiro atoms. The van der Waals surface area contributed by atoms with Gasteiger partial charge in [-0.1, -0.05) is 84.9 Å². The van der Waals surface area contributed by atoms with Crippen LogP contribution < -0.4 is 16.0 Å². The number of rotatable bonds is 10. The minimum atomic E-state index is -0.994. The molecule has 2 aliphatic rings. The number of hydrogen-bond acceptors (Lipinski definition) is 6. The molecule has 54 heavy (non-hydrogen) atoms. The van der Waals surface area contributed by atoms with Gasteiger partial charge in [-0.3, -0.25) is 19.2 Å². The summed E-state index contributed by atoms with van der Waals surface area (Å²) in [5, 5.41) is 8.63. The summed E-state index contributed by atoms with van der Waals surface area (Å²) in [6.45, 7) is 2.84. The topological polar surface area (TPSA) is 137 Å². The SMILES string of the molecule is COC(=O)N[C@@H](C(=O)N1CCCC[C@@H]1C(=O)Nc1ccc(-c2ccc(NC(=O)[C@H]3CCCCN3C(=O)[C@H](C)c3ccccc3)cc2)cc1)c1ccccc1. The van der Waals surface area contributed by atoms with Crippen molar-refractivity contribution in [3.05, 3.63) is 120 Å². The Bertz CT molecular complexity index is 1920. The number of nitrogens with one attached hydrogen (secondary N) is 3. The van der Waals surface area contributed by atoms with E-state index in [-0.39, 0.29) is 29.5 Å². The van der Waals surface area contributed by atoms with Gasteiger partial charge in [0, 0.05) is 24.5 Å². The molecule has 11 nitrogen and oxygen atoms in total. The Morgan fingerprint density at radius 2 is 1.04 bits per heavy atom. The number of anilines is 2. The highest BCUT2D eigenvalue weighted by Gasteiger charge is 2.37. The molecule has 2 heterocycles. The van der Waals surface area contributed by atoms with E-state index in [4.69, 9.17) is 4.74 Å². The predicted molar refractivity (Wildman–Crippen MR) is 207 cm³/mol. The van der Waals surface area contributed by atoms with Crippen LogP contribution in [0.3, 0.4) is 0 Å². The molecule has 6 rings (SSSR count). The van der Waals surface area contributed by atoms with Crippen molar-refractivity contribution in [3.63, 3.8) is 0 Å². The standard InChI is InChI=1S/C43H47N5O6/c1-29(30-13-5-3-6-14-30)41(51)47-27-11-9-17-36(47)39(49)44-34-23-19-31(20-24-34)32-21-25-35(26-22-32)45-40(50)37-18-10-12-28-48(37)42(52)38(46-43(53)54-2)33-15-7-4-8-16-33/h3-8,13-16,19-26,29,36-38H,9-12,17-18,27-28H2,1-2H3,(H,44,49)(H,45,50)(H,46,53)/t29-,36-,37-,38-/m1/s1. The third-order valence-corrected chi connectivity index (χ3v) is 10.3. The average Bonchev–Trinajstić information content (AvgIpc) is 3.23. The Hall–Kier alpha value is -5.97. The number of nitrogens with zero attached hydrogens (tertiary/aromatic N) is 2. The van der Waals surface area contributed by atoms with Crippen LogP contribution in [0, 0.1) is 0 Å². The van der Waals surface area contributed by atoms with Crippen LogP contribution in [0.1, 0.15) is 68.5 Å². The minimum absolute atomic E-state index is 0.0368. The van der Waals surface area contributed by atoms with E-state index >= 15 is 0 Å². The molecule has 2 aliphatic heterocycles. The van der Waals surface area contributed by atoms with Gasteiger partial charge in [0.1, 0.15) is 18.1 Å². The quantitative estimate of drug-likeness (QED) is 0.163. The van der Waals surface area contributed by atoms with E-state index in [2.05, 4.69) is 16.0 Å². The molecule has 2 fully saturated rings. The highest BCUT2D eigenvalue weighted by atomic mass is 16.5. The first kappa shape index (κ1) is 37.8. The molecule has 5 amide bonds. The molecule has 0 radical (unpaired) electrons. The van der Waals surface area contributed by atoms with Crippen molar-refractivity contribution in [3.8, 4) is 11.1 Å². The third kappa shape index (κ3) is 8.97. The molecule has 4 aromatic carbocycles. The van der Waals surface area contributed by atoms with Crippen molar-refractivity contribution in [2.75, 3.05) is 30.8 Å². The lowest BCUT2D eigenvalue weighted by Crippen LogP contribution is -2.53. The first-order chi connectivity index (χ1) is 26.2. The Morgan fingerprint density at radius 3 is 1.50 bits per heavy atom. The van der Waals surface area contributed by atoms with Crippen LogP contribution in [-0.2, 0) is 23.9 Å². The normalized spacial score (nSPS) is 18.1. The summed E-state index contributed by atoms with van der Waals surface area (Å²) in [4.78, 5) is 69.8. The van der Waals surface area contributed by atoms with Crippen LogP contribution in [0.5, 0.6) is 0 Å². The summed E-state index contributed by atoms with van der Waals surface area (Å²) >= 11 is 0. The summed E-state index contributed by atoms with van der Waals surface area (Å²) in [5.74, 6) is -1.23. The molecular formula is C43H47N5O6. The Kier molecular flexibility index (Phi) is 12.4. The second-order valence-electron chi connectivity index (χ2n) is 13.8.